The number of rotatable bonds is 6. The summed E-state index contributed by atoms with van der Waals surface area (Å²) in [7, 11) is 0. The number of aromatic nitrogens is 1. The van der Waals surface area contributed by atoms with Gasteiger partial charge in [0.1, 0.15) is 17.9 Å². The number of imide groups is 2. The minimum absolute atomic E-state index is 0.104. The molecule has 3 aromatic carbocycles. The largest absolute Gasteiger partial charge is 0.491 e. The fraction of sp³-hybridized carbons (Fsp3) is 0.107. The number of para-hydroxylation sites is 3. The number of aryl methyl sites for hydroxylation is 1. The SMILES string of the molecule is Cc1ccccc1OCCn1cc(C=C2C(=O)NC(=O)N(c3ccccc3)C2=O)c2ccccc21. The Kier molecular flexibility index (Phi) is 5.89. The van der Waals surface area contributed by atoms with Crippen LogP contribution in [0.25, 0.3) is 17.0 Å². The van der Waals surface area contributed by atoms with E-state index < -0.39 is 17.8 Å². The normalized spacial score (nSPS) is 15.1. The molecule has 1 N–H and O–H groups in total. The topological polar surface area (TPSA) is 80.6 Å². The highest BCUT2D eigenvalue weighted by atomic mass is 16.5. The zero-order valence-electron chi connectivity index (χ0n) is 19.1. The Morgan fingerprint density at radius 3 is 2.40 bits per heavy atom. The molecule has 0 radical (unpaired) electrons. The number of barbiturate groups is 1. The summed E-state index contributed by atoms with van der Waals surface area (Å²) in [5, 5.41) is 3.16. The molecule has 1 aromatic heterocycles. The van der Waals surface area contributed by atoms with Crippen molar-refractivity contribution >= 4 is 40.5 Å². The van der Waals surface area contributed by atoms with Gasteiger partial charge < -0.3 is 9.30 Å². The van der Waals surface area contributed by atoms with Crippen LogP contribution in [-0.2, 0) is 16.1 Å². The Hall–Kier alpha value is -4.65. The van der Waals surface area contributed by atoms with Gasteiger partial charge in [0.05, 0.1) is 12.2 Å². The van der Waals surface area contributed by atoms with Gasteiger partial charge >= 0.3 is 6.03 Å². The number of amides is 4. The highest BCUT2D eigenvalue weighted by molar-refractivity contribution is 6.39. The molecule has 0 unspecified atom stereocenters. The number of hydrogen-bond acceptors (Lipinski definition) is 4. The van der Waals surface area contributed by atoms with E-state index in [1.807, 2.05) is 66.2 Å². The molecule has 7 heteroatoms. The molecule has 0 bridgehead atoms. The molecular weight excluding hydrogens is 442 g/mol. The fourth-order valence-corrected chi connectivity index (χ4v) is 4.17. The highest BCUT2D eigenvalue weighted by Crippen LogP contribution is 2.27. The molecule has 1 saturated heterocycles. The lowest BCUT2D eigenvalue weighted by atomic mass is 10.1. The molecule has 0 aliphatic carbocycles. The van der Waals surface area contributed by atoms with Crippen LogP contribution in [0.4, 0.5) is 10.5 Å². The van der Waals surface area contributed by atoms with Gasteiger partial charge in [-0.2, -0.15) is 0 Å². The fourth-order valence-electron chi connectivity index (χ4n) is 4.17. The standard InChI is InChI=1S/C28H23N3O4/c1-19-9-5-8-14-25(19)35-16-15-30-18-20(22-12-6-7-13-24(22)30)17-23-26(32)29-28(34)31(27(23)33)21-10-3-2-4-11-21/h2-14,17-18H,15-16H2,1H3,(H,29,32,34). The van der Waals surface area contributed by atoms with Crippen molar-refractivity contribution in [1.82, 2.24) is 9.88 Å². The van der Waals surface area contributed by atoms with Crippen molar-refractivity contribution in [2.24, 2.45) is 0 Å². The van der Waals surface area contributed by atoms with E-state index in [0.29, 0.717) is 24.4 Å². The van der Waals surface area contributed by atoms with Crippen LogP contribution in [0.15, 0.2) is 90.6 Å². The van der Waals surface area contributed by atoms with E-state index in [9.17, 15) is 14.4 Å². The third-order valence-corrected chi connectivity index (χ3v) is 5.92. The van der Waals surface area contributed by atoms with Crippen molar-refractivity contribution in [2.45, 2.75) is 13.5 Å². The van der Waals surface area contributed by atoms with E-state index in [0.717, 1.165) is 27.1 Å². The average molecular weight is 466 g/mol. The average Bonchev–Trinajstić information content (AvgIpc) is 3.21. The molecule has 1 aliphatic heterocycles. The number of ether oxygens (including phenoxy) is 1. The van der Waals surface area contributed by atoms with E-state index >= 15 is 0 Å². The van der Waals surface area contributed by atoms with Crippen molar-refractivity contribution in [3.63, 3.8) is 0 Å². The molecular formula is C28H23N3O4. The van der Waals surface area contributed by atoms with Crippen molar-refractivity contribution in [2.75, 3.05) is 11.5 Å². The number of nitrogens with zero attached hydrogens (tertiary/aromatic N) is 2. The summed E-state index contributed by atoms with van der Waals surface area (Å²) in [5.74, 6) is -0.544. The van der Waals surface area contributed by atoms with Gasteiger partial charge in [-0.3, -0.25) is 14.9 Å². The van der Waals surface area contributed by atoms with Gasteiger partial charge in [0.25, 0.3) is 11.8 Å². The van der Waals surface area contributed by atoms with Gasteiger partial charge in [0.2, 0.25) is 0 Å². The number of urea groups is 1. The van der Waals surface area contributed by atoms with Crippen molar-refractivity contribution < 1.29 is 19.1 Å². The Morgan fingerprint density at radius 2 is 1.60 bits per heavy atom. The maximum absolute atomic E-state index is 13.2. The van der Waals surface area contributed by atoms with Crippen LogP contribution in [0.3, 0.4) is 0 Å². The Bertz CT molecular complexity index is 1470. The van der Waals surface area contributed by atoms with Crippen LogP contribution in [0.1, 0.15) is 11.1 Å². The molecule has 1 aliphatic rings. The first-order chi connectivity index (χ1) is 17.0. The third-order valence-electron chi connectivity index (χ3n) is 5.92. The van der Waals surface area contributed by atoms with Gasteiger partial charge in [0, 0.05) is 22.7 Å². The Balaban J connectivity index is 1.46. The number of benzene rings is 3. The van der Waals surface area contributed by atoms with Crippen LogP contribution >= 0.6 is 0 Å². The molecule has 0 atom stereocenters. The summed E-state index contributed by atoms with van der Waals surface area (Å²) < 4.78 is 7.99. The number of nitrogens with one attached hydrogen (secondary N) is 1. The summed E-state index contributed by atoms with van der Waals surface area (Å²) >= 11 is 0. The van der Waals surface area contributed by atoms with Crippen LogP contribution in [-0.4, -0.2) is 29.0 Å². The lowest BCUT2D eigenvalue weighted by Gasteiger charge is -2.26. The summed E-state index contributed by atoms with van der Waals surface area (Å²) in [4.78, 5) is 39.2. The first-order valence-corrected chi connectivity index (χ1v) is 11.3. The zero-order valence-corrected chi connectivity index (χ0v) is 19.1. The smallest absolute Gasteiger partial charge is 0.335 e. The van der Waals surface area contributed by atoms with Gasteiger partial charge in [-0.15, -0.1) is 0 Å². The first-order valence-electron chi connectivity index (χ1n) is 11.3. The van der Waals surface area contributed by atoms with Gasteiger partial charge in [-0.05, 0) is 42.8 Å². The molecule has 5 rings (SSSR count). The maximum atomic E-state index is 13.2. The lowest BCUT2D eigenvalue weighted by Crippen LogP contribution is -2.54. The molecule has 7 nitrogen and oxygen atoms in total. The lowest BCUT2D eigenvalue weighted by molar-refractivity contribution is -0.122. The zero-order chi connectivity index (χ0) is 24.4. The monoisotopic (exact) mass is 465 g/mol. The van der Waals surface area contributed by atoms with Gasteiger partial charge in [-0.25, -0.2) is 9.69 Å². The quantitative estimate of drug-likeness (QED) is 0.331. The summed E-state index contributed by atoms with van der Waals surface area (Å²) in [6, 6.07) is 23.4. The molecule has 174 valence electrons. The number of fused-ring (bicyclic) bond motifs is 1. The summed E-state index contributed by atoms with van der Waals surface area (Å²) in [5.41, 5.74) is 3.01. The molecule has 0 saturated carbocycles. The number of carbonyl (C=O) groups excluding carboxylic acids is 3. The first kappa shape index (κ1) is 22.2. The minimum atomic E-state index is -0.765. The molecule has 0 spiro atoms. The summed E-state index contributed by atoms with van der Waals surface area (Å²) in [6.45, 7) is 3.03. The molecule has 1 fully saturated rings. The Labute approximate surface area is 202 Å². The van der Waals surface area contributed by atoms with Crippen molar-refractivity contribution in [3.8, 4) is 5.75 Å². The van der Waals surface area contributed by atoms with E-state index in [-0.39, 0.29) is 5.57 Å². The van der Waals surface area contributed by atoms with Gasteiger partial charge in [0.15, 0.2) is 0 Å². The number of hydrogen-bond donors (Lipinski definition) is 1. The predicted molar refractivity (Wildman–Crippen MR) is 134 cm³/mol. The minimum Gasteiger partial charge on any atom is -0.491 e. The number of anilines is 1. The van der Waals surface area contributed by atoms with Crippen LogP contribution < -0.4 is 15.0 Å². The second kappa shape index (κ2) is 9.30. The van der Waals surface area contributed by atoms with Crippen LogP contribution in [0.5, 0.6) is 5.75 Å². The maximum Gasteiger partial charge on any atom is 0.335 e. The van der Waals surface area contributed by atoms with Crippen LogP contribution in [0, 0.1) is 6.92 Å². The predicted octanol–water partition coefficient (Wildman–Crippen LogP) is 4.70. The van der Waals surface area contributed by atoms with Crippen molar-refractivity contribution in [3.05, 3.63) is 102 Å². The molecule has 4 aromatic rings. The summed E-state index contributed by atoms with van der Waals surface area (Å²) in [6.07, 6.45) is 3.43. The van der Waals surface area contributed by atoms with E-state index in [1.54, 1.807) is 36.4 Å². The second-order valence-corrected chi connectivity index (χ2v) is 8.20. The highest BCUT2D eigenvalue weighted by Gasteiger charge is 2.36. The van der Waals surface area contributed by atoms with E-state index in [4.69, 9.17) is 4.74 Å². The van der Waals surface area contributed by atoms with Gasteiger partial charge in [-0.1, -0.05) is 54.6 Å². The molecule has 35 heavy (non-hydrogen) atoms. The molecule has 4 amide bonds. The van der Waals surface area contributed by atoms with E-state index in [1.165, 1.54) is 0 Å². The van der Waals surface area contributed by atoms with Crippen molar-refractivity contribution in [1.29, 1.82) is 0 Å². The Morgan fingerprint density at radius 1 is 0.886 bits per heavy atom. The third kappa shape index (κ3) is 4.31. The second-order valence-electron chi connectivity index (χ2n) is 8.20. The molecule has 2 heterocycles. The van der Waals surface area contributed by atoms with Crippen LogP contribution in [0.2, 0.25) is 0 Å². The van der Waals surface area contributed by atoms with E-state index in [2.05, 4.69) is 5.32 Å². The number of carbonyl (C=O) groups is 3.